The van der Waals surface area contributed by atoms with Crippen LogP contribution in [0.3, 0.4) is 0 Å². The number of aromatic nitrogens is 2. The van der Waals surface area contributed by atoms with E-state index >= 15 is 0 Å². The van der Waals surface area contributed by atoms with Crippen molar-refractivity contribution in [2.45, 2.75) is 37.5 Å². The van der Waals surface area contributed by atoms with Gasteiger partial charge in [0.05, 0.1) is 23.1 Å². The van der Waals surface area contributed by atoms with Crippen molar-refractivity contribution >= 4 is 17.3 Å². The number of halogens is 4. The highest BCUT2D eigenvalue weighted by Crippen LogP contribution is 2.28. The second kappa shape index (κ2) is 10.9. The molecule has 2 aromatic carbocycles. The van der Waals surface area contributed by atoms with Crippen molar-refractivity contribution in [3.05, 3.63) is 77.7 Å². The molecule has 0 aliphatic carbocycles. The molecular formula is C23H22F4N4O2S. The van der Waals surface area contributed by atoms with E-state index in [2.05, 4.69) is 15.5 Å². The number of benzene rings is 2. The molecule has 1 aromatic heterocycles. The number of nitrogens with one attached hydrogen (secondary N) is 1. The Labute approximate surface area is 197 Å². The fourth-order valence-corrected chi connectivity index (χ4v) is 4.25. The van der Waals surface area contributed by atoms with Crippen LogP contribution < -0.4 is 5.32 Å². The van der Waals surface area contributed by atoms with Gasteiger partial charge in [0, 0.05) is 12.1 Å². The van der Waals surface area contributed by atoms with E-state index < -0.39 is 29.0 Å². The topological polar surface area (TPSA) is 81.2 Å². The number of carbonyl (C=O) groups is 1. The SMILES string of the molecule is CC(C)N(CC(=O)NCc1cccc(-c2ccc(C(F)(F)F)nn2)c1)[S+]([O-])c1ccc(F)cc1. The molecule has 34 heavy (non-hydrogen) atoms. The normalized spacial score (nSPS) is 12.7. The molecule has 1 atom stereocenters. The van der Waals surface area contributed by atoms with Gasteiger partial charge in [-0.05, 0) is 61.9 Å². The van der Waals surface area contributed by atoms with Crippen molar-refractivity contribution in [1.82, 2.24) is 19.8 Å². The van der Waals surface area contributed by atoms with Gasteiger partial charge in [-0.1, -0.05) is 18.2 Å². The molecule has 1 N–H and O–H groups in total. The summed E-state index contributed by atoms with van der Waals surface area (Å²) in [7, 11) is 0. The van der Waals surface area contributed by atoms with Crippen LogP contribution in [-0.4, -0.2) is 37.5 Å². The van der Waals surface area contributed by atoms with E-state index in [9.17, 15) is 26.9 Å². The van der Waals surface area contributed by atoms with Crippen LogP contribution in [0.4, 0.5) is 17.6 Å². The van der Waals surface area contributed by atoms with Gasteiger partial charge in [-0.25, -0.2) is 4.39 Å². The monoisotopic (exact) mass is 494 g/mol. The van der Waals surface area contributed by atoms with Crippen LogP contribution in [0.5, 0.6) is 0 Å². The minimum absolute atomic E-state index is 0.147. The Hall–Kier alpha value is -3.02. The minimum Gasteiger partial charge on any atom is -0.593 e. The Morgan fingerprint density at radius 1 is 1.09 bits per heavy atom. The third-order valence-electron chi connectivity index (χ3n) is 4.77. The van der Waals surface area contributed by atoms with E-state index in [4.69, 9.17) is 0 Å². The first kappa shape index (κ1) is 25.6. The number of hydrogen-bond donors (Lipinski definition) is 1. The van der Waals surface area contributed by atoms with Gasteiger partial charge in [0.2, 0.25) is 5.91 Å². The standard InChI is InChI=1S/C23H22F4N4O2S/c1-15(2)31(34(33)19-8-6-18(24)7-9-19)14-22(32)28-13-16-4-3-5-17(12-16)20-10-11-21(30-29-20)23(25,26)27/h3-12,15H,13-14H2,1-2H3,(H,28,32). The summed E-state index contributed by atoms with van der Waals surface area (Å²) in [5.41, 5.74) is 0.437. The summed E-state index contributed by atoms with van der Waals surface area (Å²) in [5, 5.41) is 9.62. The molecule has 0 radical (unpaired) electrons. The molecule has 0 aliphatic heterocycles. The lowest BCUT2D eigenvalue weighted by Gasteiger charge is -2.26. The van der Waals surface area contributed by atoms with E-state index in [0.29, 0.717) is 16.0 Å². The van der Waals surface area contributed by atoms with Gasteiger partial charge in [0.1, 0.15) is 12.4 Å². The van der Waals surface area contributed by atoms with Crippen LogP contribution in [-0.2, 0) is 28.9 Å². The minimum atomic E-state index is -4.57. The lowest BCUT2D eigenvalue weighted by Crippen LogP contribution is -2.44. The average Bonchev–Trinajstić information content (AvgIpc) is 2.81. The van der Waals surface area contributed by atoms with Gasteiger partial charge in [0.25, 0.3) is 0 Å². The molecule has 0 fully saturated rings. The van der Waals surface area contributed by atoms with Crippen LogP contribution in [0.2, 0.25) is 0 Å². The number of carbonyl (C=O) groups excluding carboxylic acids is 1. The highest BCUT2D eigenvalue weighted by Gasteiger charge is 2.33. The number of hydrogen-bond acceptors (Lipinski definition) is 5. The predicted molar refractivity (Wildman–Crippen MR) is 119 cm³/mol. The average molecular weight is 495 g/mol. The first-order chi connectivity index (χ1) is 16.0. The molecule has 0 bridgehead atoms. The Bertz CT molecular complexity index is 1110. The zero-order chi connectivity index (χ0) is 24.9. The second-order valence-electron chi connectivity index (χ2n) is 7.65. The Morgan fingerprint density at radius 3 is 2.38 bits per heavy atom. The van der Waals surface area contributed by atoms with Crippen LogP contribution in [0.15, 0.2) is 65.6 Å². The van der Waals surface area contributed by atoms with Crippen LogP contribution in [0.1, 0.15) is 25.1 Å². The summed E-state index contributed by atoms with van der Waals surface area (Å²) in [6.45, 7) is 3.59. The molecule has 0 spiro atoms. The summed E-state index contributed by atoms with van der Waals surface area (Å²) >= 11 is -1.65. The van der Waals surface area contributed by atoms with Crippen LogP contribution in [0, 0.1) is 5.82 Å². The molecule has 6 nitrogen and oxygen atoms in total. The molecule has 3 aromatic rings. The molecule has 180 valence electrons. The third-order valence-corrected chi connectivity index (χ3v) is 6.42. The third kappa shape index (κ3) is 6.75. The Morgan fingerprint density at radius 2 is 1.79 bits per heavy atom. The maximum atomic E-state index is 13.2. The summed E-state index contributed by atoms with van der Waals surface area (Å²) in [5.74, 6) is -0.817. The number of amides is 1. The van der Waals surface area contributed by atoms with Gasteiger partial charge >= 0.3 is 6.18 Å². The van der Waals surface area contributed by atoms with Gasteiger partial charge in [-0.2, -0.15) is 13.2 Å². The molecule has 0 saturated heterocycles. The van der Waals surface area contributed by atoms with E-state index in [1.165, 1.54) is 34.6 Å². The van der Waals surface area contributed by atoms with Crippen molar-refractivity contribution < 1.29 is 26.9 Å². The largest absolute Gasteiger partial charge is 0.593 e. The van der Waals surface area contributed by atoms with Crippen molar-refractivity contribution in [3.63, 3.8) is 0 Å². The first-order valence-corrected chi connectivity index (χ1v) is 11.4. The van der Waals surface area contributed by atoms with Crippen molar-refractivity contribution in [2.24, 2.45) is 0 Å². The maximum Gasteiger partial charge on any atom is 0.435 e. The molecule has 1 heterocycles. The lowest BCUT2D eigenvalue weighted by atomic mass is 10.1. The van der Waals surface area contributed by atoms with Crippen LogP contribution >= 0.6 is 0 Å². The summed E-state index contributed by atoms with van der Waals surface area (Å²) in [4.78, 5) is 12.9. The quantitative estimate of drug-likeness (QED) is 0.372. The number of nitrogens with zero attached hydrogens (tertiary/aromatic N) is 3. The van der Waals surface area contributed by atoms with E-state index in [1.54, 1.807) is 38.1 Å². The van der Waals surface area contributed by atoms with Crippen molar-refractivity contribution in [3.8, 4) is 11.3 Å². The highest BCUT2D eigenvalue weighted by molar-refractivity contribution is 7.89. The maximum absolute atomic E-state index is 13.2. The van der Waals surface area contributed by atoms with Crippen molar-refractivity contribution in [1.29, 1.82) is 0 Å². The molecule has 1 unspecified atom stereocenters. The van der Waals surface area contributed by atoms with E-state index in [-0.39, 0.29) is 30.7 Å². The summed E-state index contributed by atoms with van der Waals surface area (Å²) in [6, 6.07) is 13.9. The predicted octanol–water partition coefficient (Wildman–Crippen LogP) is 4.35. The zero-order valence-electron chi connectivity index (χ0n) is 18.3. The zero-order valence-corrected chi connectivity index (χ0v) is 19.2. The molecule has 1 amide bonds. The van der Waals surface area contributed by atoms with Gasteiger partial charge in [-0.15, -0.1) is 14.5 Å². The summed E-state index contributed by atoms with van der Waals surface area (Å²) in [6.07, 6.45) is -4.57. The van der Waals surface area contributed by atoms with E-state index in [0.717, 1.165) is 6.07 Å². The number of alkyl halides is 3. The summed E-state index contributed by atoms with van der Waals surface area (Å²) < 4.78 is 65.5. The lowest BCUT2D eigenvalue weighted by molar-refractivity contribution is -0.141. The van der Waals surface area contributed by atoms with Crippen molar-refractivity contribution in [2.75, 3.05) is 6.54 Å². The number of rotatable bonds is 8. The second-order valence-corrected chi connectivity index (χ2v) is 9.09. The molecule has 0 aliphatic rings. The molecule has 11 heteroatoms. The van der Waals surface area contributed by atoms with Gasteiger partial charge in [0.15, 0.2) is 10.6 Å². The first-order valence-electron chi connectivity index (χ1n) is 10.3. The molecular weight excluding hydrogens is 472 g/mol. The van der Waals surface area contributed by atoms with Crippen LogP contribution in [0.25, 0.3) is 11.3 Å². The Kier molecular flexibility index (Phi) is 8.24. The molecule has 3 rings (SSSR count). The smallest absolute Gasteiger partial charge is 0.435 e. The highest BCUT2D eigenvalue weighted by atomic mass is 32.2. The van der Waals surface area contributed by atoms with Gasteiger partial charge in [-0.3, -0.25) is 4.79 Å². The Balaban J connectivity index is 1.63. The fraction of sp³-hybridized carbons (Fsp3) is 0.261. The van der Waals surface area contributed by atoms with E-state index in [1.807, 2.05) is 0 Å². The van der Waals surface area contributed by atoms with Gasteiger partial charge < -0.3 is 9.87 Å². The fourth-order valence-electron chi connectivity index (χ4n) is 3.00. The molecule has 0 saturated carbocycles.